The molecule has 0 spiro atoms. The molecule has 1 aromatic rings. The second-order valence-electron chi connectivity index (χ2n) is 5.93. The molecule has 1 aliphatic rings. The quantitative estimate of drug-likeness (QED) is 0.616. The van der Waals surface area contributed by atoms with Crippen LogP contribution in [0.5, 0.6) is 5.75 Å². The van der Waals surface area contributed by atoms with E-state index in [0.29, 0.717) is 12.1 Å². The molecule has 0 bridgehead atoms. The summed E-state index contributed by atoms with van der Waals surface area (Å²) in [5.41, 5.74) is 1.36. The summed E-state index contributed by atoms with van der Waals surface area (Å²) in [7, 11) is 2.06. The van der Waals surface area contributed by atoms with Crippen LogP contribution in [0.2, 0.25) is 0 Å². The van der Waals surface area contributed by atoms with E-state index < -0.39 is 0 Å². The minimum atomic E-state index is 0.458. The van der Waals surface area contributed by atoms with E-state index in [-0.39, 0.29) is 0 Å². The normalized spacial score (nSPS) is 16.1. The van der Waals surface area contributed by atoms with Gasteiger partial charge in [0.2, 0.25) is 0 Å². The van der Waals surface area contributed by atoms with Crippen molar-refractivity contribution < 1.29 is 4.74 Å². The van der Waals surface area contributed by atoms with E-state index in [0.717, 1.165) is 5.75 Å². The molecule has 0 radical (unpaired) electrons. The van der Waals surface area contributed by atoms with Gasteiger partial charge in [0, 0.05) is 6.04 Å². The number of unbranched alkanes of at least 4 members (excludes halogenated alkanes) is 4. The van der Waals surface area contributed by atoms with Crippen molar-refractivity contribution in [2.24, 2.45) is 0 Å². The van der Waals surface area contributed by atoms with E-state index in [1.165, 1.54) is 56.9 Å². The smallest absolute Gasteiger partial charge is 0.120 e. The highest BCUT2D eigenvalue weighted by molar-refractivity contribution is 5.31. The standard InChI is InChI=1S/C18H29NO/c1-3-4-5-6-7-11-18(19-2)15-9-8-10-17(14-15)20-16-12-13-16/h8-10,14,16,18-19H,3-7,11-13H2,1-2H3. The molecule has 1 saturated carbocycles. The van der Waals surface area contributed by atoms with Crippen LogP contribution in [0.1, 0.15) is 69.9 Å². The summed E-state index contributed by atoms with van der Waals surface area (Å²) in [5, 5.41) is 3.45. The zero-order chi connectivity index (χ0) is 14.2. The molecule has 1 atom stereocenters. The maximum atomic E-state index is 5.89. The van der Waals surface area contributed by atoms with Gasteiger partial charge in [-0.25, -0.2) is 0 Å². The number of nitrogens with one attached hydrogen (secondary N) is 1. The Morgan fingerprint density at radius 3 is 2.70 bits per heavy atom. The molecule has 0 heterocycles. The Morgan fingerprint density at radius 1 is 1.20 bits per heavy atom. The molecule has 1 aliphatic carbocycles. The molecule has 20 heavy (non-hydrogen) atoms. The average Bonchev–Trinajstić information content (AvgIpc) is 3.27. The minimum absolute atomic E-state index is 0.458. The predicted octanol–water partition coefficient (Wildman–Crippen LogP) is 4.85. The van der Waals surface area contributed by atoms with Gasteiger partial charge in [0.05, 0.1) is 6.10 Å². The van der Waals surface area contributed by atoms with Gasteiger partial charge in [0.25, 0.3) is 0 Å². The summed E-state index contributed by atoms with van der Waals surface area (Å²) < 4.78 is 5.89. The lowest BCUT2D eigenvalue weighted by Crippen LogP contribution is -2.16. The van der Waals surface area contributed by atoms with Crippen LogP contribution in [-0.2, 0) is 0 Å². The van der Waals surface area contributed by atoms with Crippen LogP contribution >= 0.6 is 0 Å². The fourth-order valence-electron chi connectivity index (χ4n) is 2.61. The van der Waals surface area contributed by atoms with Crippen LogP contribution in [-0.4, -0.2) is 13.2 Å². The van der Waals surface area contributed by atoms with Crippen molar-refractivity contribution in [3.8, 4) is 5.75 Å². The highest BCUT2D eigenvalue weighted by Crippen LogP contribution is 2.29. The monoisotopic (exact) mass is 275 g/mol. The Kier molecular flexibility index (Phi) is 6.38. The van der Waals surface area contributed by atoms with Crippen LogP contribution in [0.4, 0.5) is 0 Å². The average molecular weight is 275 g/mol. The zero-order valence-corrected chi connectivity index (χ0v) is 13.0. The SMILES string of the molecule is CCCCCCCC(NC)c1cccc(OC2CC2)c1. The molecular weight excluding hydrogens is 246 g/mol. The van der Waals surface area contributed by atoms with Crippen molar-refractivity contribution in [3.05, 3.63) is 29.8 Å². The molecule has 2 heteroatoms. The Morgan fingerprint density at radius 2 is 2.00 bits per heavy atom. The van der Waals surface area contributed by atoms with Gasteiger partial charge in [0.15, 0.2) is 0 Å². The van der Waals surface area contributed by atoms with Crippen molar-refractivity contribution in [1.82, 2.24) is 5.32 Å². The molecule has 0 aromatic heterocycles. The van der Waals surface area contributed by atoms with Crippen LogP contribution in [0, 0.1) is 0 Å². The molecule has 0 aliphatic heterocycles. The van der Waals surface area contributed by atoms with E-state index in [9.17, 15) is 0 Å². The number of hydrogen-bond donors (Lipinski definition) is 1. The van der Waals surface area contributed by atoms with E-state index in [2.05, 4.69) is 43.6 Å². The number of ether oxygens (including phenoxy) is 1. The van der Waals surface area contributed by atoms with Crippen LogP contribution in [0.25, 0.3) is 0 Å². The summed E-state index contributed by atoms with van der Waals surface area (Å²) in [5.74, 6) is 1.04. The molecule has 1 aromatic carbocycles. The second kappa shape index (κ2) is 8.31. The lowest BCUT2D eigenvalue weighted by molar-refractivity contribution is 0.302. The Balaban J connectivity index is 1.82. The molecule has 1 fully saturated rings. The Hall–Kier alpha value is -1.02. The van der Waals surface area contributed by atoms with E-state index >= 15 is 0 Å². The first kappa shape index (κ1) is 15.4. The zero-order valence-electron chi connectivity index (χ0n) is 13.0. The second-order valence-corrected chi connectivity index (χ2v) is 5.93. The first-order chi connectivity index (χ1) is 9.83. The van der Waals surface area contributed by atoms with Crippen molar-refractivity contribution in [2.45, 2.75) is 70.4 Å². The maximum absolute atomic E-state index is 5.89. The van der Waals surface area contributed by atoms with Gasteiger partial charge in [-0.1, -0.05) is 51.2 Å². The molecule has 0 saturated heterocycles. The van der Waals surface area contributed by atoms with Crippen molar-refractivity contribution in [2.75, 3.05) is 7.05 Å². The van der Waals surface area contributed by atoms with E-state index in [1.807, 2.05) is 0 Å². The van der Waals surface area contributed by atoms with E-state index in [1.54, 1.807) is 0 Å². The number of benzene rings is 1. The molecule has 1 unspecified atom stereocenters. The van der Waals surface area contributed by atoms with Crippen molar-refractivity contribution >= 4 is 0 Å². The van der Waals surface area contributed by atoms with Crippen molar-refractivity contribution in [1.29, 1.82) is 0 Å². The van der Waals surface area contributed by atoms with Crippen molar-refractivity contribution in [3.63, 3.8) is 0 Å². The molecule has 2 nitrogen and oxygen atoms in total. The highest BCUT2D eigenvalue weighted by atomic mass is 16.5. The number of hydrogen-bond acceptors (Lipinski definition) is 2. The topological polar surface area (TPSA) is 21.3 Å². The molecular formula is C18H29NO. The summed E-state index contributed by atoms with van der Waals surface area (Å²) in [6.45, 7) is 2.27. The Labute approximate surface area is 123 Å². The maximum Gasteiger partial charge on any atom is 0.120 e. The summed E-state index contributed by atoms with van der Waals surface area (Å²) >= 11 is 0. The van der Waals surface area contributed by atoms with Gasteiger partial charge in [-0.15, -0.1) is 0 Å². The van der Waals surface area contributed by atoms with Gasteiger partial charge in [-0.2, -0.15) is 0 Å². The number of rotatable bonds is 10. The predicted molar refractivity (Wildman–Crippen MR) is 85.3 cm³/mol. The van der Waals surface area contributed by atoms with E-state index in [4.69, 9.17) is 4.74 Å². The summed E-state index contributed by atoms with van der Waals surface area (Å²) in [6.07, 6.45) is 10.8. The van der Waals surface area contributed by atoms with Gasteiger partial charge < -0.3 is 10.1 Å². The highest BCUT2D eigenvalue weighted by Gasteiger charge is 2.23. The minimum Gasteiger partial charge on any atom is -0.490 e. The van der Waals surface area contributed by atoms with Gasteiger partial charge in [-0.3, -0.25) is 0 Å². The fraction of sp³-hybridized carbons (Fsp3) is 0.667. The van der Waals surface area contributed by atoms with Gasteiger partial charge in [0.1, 0.15) is 5.75 Å². The third-order valence-electron chi connectivity index (χ3n) is 4.03. The molecule has 1 N–H and O–H groups in total. The first-order valence-electron chi connectivity index (χ1n) is 8.27. The third-order valence-corrected chi connectivity index (χ3v) is 4.03. The first-order valence-corrected chi connectivity index (χ1v) is 8.27. The van der Waals surface area contributed by atoms with Crippen LogP contribution < -0.4 is 10.1 Å². The third kappa shape index (κ3) is 5.16. The molecule has 0 amide bonds. The summed E-state index contributed by atoms with van der Waals surface area (Å²) in [6, 6.07) is 9.09. The Bertz CT molecular complexity index is 387. The lowest BCUT2D eigenvalue weighted by atomic mass is 9.99. The van der Waals surface area contributed by atoms with Crippen LogP contribution in [0.15, 0.2) is 24.3 Å². The fourth-order valence-corrected chi connectivity index (χ4v) is 2.61. The molecule has 112 valence electrons. The van der Waals surface area contributed by atoms with Crippen LogP contribution in [0.3, 0.4) is 0 Å². The van der Waals surface area contributed by atoms with Gasteiger partial charge in [-0.05, 0) is 44.0 Å². The molecule has 2 rings (SSSR count). The summed E-state index contributed by atoms with van der Waals surface area (Å²) in [4.78, 5) is 0. The lowest BCUT2D eigenvalue weighted by Gasteiger charge is -2.17. The largest absolute Gasteiger partial charge is 0.490 e. The van der Waals surface area contributed by atoms with Gasteiger partial charge >= 0.3 is 0 Å².